The van der Waals surface area contributed by atoms with Crippen molar-refractivity contribution in [3.8, 4) is 5.88 Å². The second-order valence-corrected chi connectivity index (χ2v) is 6.86. The molecule has 2 heterocycles. The zero-order chi connectivity index (χ0) is 20.6. The van der Waals surface area contributed by atoms with Gasteiger partial charge in [-0.25, -0.2) is 9.78 Å². The van der Waals surface area contributed by atoms with Gasteiger partial charge in [0.05, 0.1) is 31.6 Å². The van der Waals surface area contributed by atoms with E-state index in [1.807, 2.05) is 0 Å². The summed E-state index contributed by atoms with van der Waals surface area (Å²) in [5, 5.41) is 2.85. The van der Waals surface area contributed by atoms with E-state index in [2.05, 4.69) is 10.3 Å². The van der Waals surface area contributed by atoms with Gasteiger partial charge in [-0.3, -0.25) is 4.79 Å². The molecule has 0 radical (unpaired) electrons. The number of aromatic nitrogens is 1. The van der Waals surface area contributed by atoms with Crippen molar-refractivity contribution in [1.29, 1.82) is 0 Å². The fourth-order valence-corrected chi connectivity index (χ4v) is 3.16. The number of benzene rings is 1. The molecule has 10 heteroatoms. The second-order valence-electron chi connectivity index (χ2n) is 6.47. The first-order valence-corrected chi connectivity index (χ1v) is 9.65. The number of anilines is 1. The van der Waals surface area contributed by atoms with Gasteiger partial charge in [-0.15, -0.1) is 0 Å². The van der Waals surface area contributed by atoms with Gasteiger partial charge in [-0.2, -0.15) is 0 Å². The van der Waals surface area contributed by atoms with E-state index < -0.39 is 11.9 Å². The predicted molar refractivity (Wildman–Crippen MR) is 107 cm³/mol. The lowest BCUT2D eigenvalue weighted by Gasteiger charge is -2.23. The quantitative estimate of drug-likeness (QED) is 0.373. The van der Waals surface area contributed by atoms with Crippen LogP contribution in [0.15, 0.2) is 36.4 Å². The number of amides is 1. The monoisotopic (exact) mass is 455 g/mol. The number of rotatable bonds is 7. The minimum Gasteiger partial charge on any atom is -1.00 e. The lowest BCUT2D eigenvalue weighted by molar-refractivity contribution is -0.908. The molecule has 0 saturated carbocycles. The summed E-state index contributed by atoms with van der Waals surface area (Å²) >= 11 is 6.06. The van der Waals surface area contributed by atoms with Gasteiger partial charge < -0.3 is 36.8 Å². The van der Waals surface area contributed by atoms with Crippen molar-refractivity contribution in [1.82, 2.24) is 4.98 Å². The number of nitrogens with zero attached hydrogens (tertiary/aromatic N) is 1. The van der Waals surface area contributed by atoms with Gasteiger partial charge in [-0.05, 0) is 18.2 Å². The Labute approximate surface area is 185 Å². The average molecular weight is 456 g/mol. The van der Waals surface area contributed by atoms with Crippen LogP contribution in [0, 0.1) is 0 Å². The molecule has 30 heavy (non-hydrogen) atoms. The van der Waals surface area contributed by atoms with Gasteiger partial charge in [0.25, 0.3) is 5.91 Å². The molecule has 2 aromatic rings. The van der Waals surface area contributed by atoms with Crippen LogP contribution in [-0.2, 0) is 9.47 Å². The minimum atomic E-state index is -0.539. The Balaban J connectivity index is 0.00000320. The molecule has 1 fully saturated rings. The SMILES string of the molecule is COC(=O)c1ccccc1NC(=O)c1cc(Cl)nc(OCC[NH+]2CCOCC2)c1.[Cl-]. The molecule has 1 amide bonds. The third-order valence-corrected chi connectivity index (χ3v) is 4.71. The Morgan fingerprint density at radius 1 is 1.23 bits per heavy atom. The summed E-state index contributed by atoms with van der Waals surface area (Å²) in [5.41, 5.74) is 0.877. The largest absolute Gasteiger partial charge is 1.00 e. The van der Waals surface area contributed by atoms with Crippen LogP contribution in [0.5, 0.6) is 5.88 Å². The Kier molecular flexibility index (Phi) is 9.32. The Bertz CT molecular complexity index is 875. The zero-order valence-electron chi connectivity index (χ0n) is 16.5. The molecule has 1 saturated heterocycles. The number of methoxy groups -OCH3 is 1. The van der Waals surface area contributed by atoms with Crippen LogP contribution >= 0.6 is 11.6 Å². The second kappa shape index (κ2) is 11.7. The molecule has 0 unspecified atom stereocenters. The van der Waals surface area contributed by atoms with Crippen LogP contribution < -0.4 is 27.4 Å². The highest BCUT2D eigenvalue weighted by Gasteiger charge is 2.17. The summed E-state index contributed by atoms with van der Waals surface area (Å²) < 4.78 is 15.8. The van der Waals surface area contributed by atoms with Crippen LogP contribution in [-0.4, -0.2) is 63.4 Å². The van der Waals surface area contributed by atoms with Crippen molar-refractivity contribution in [3.05, 3.63) is 52.7 Å². The number of hydrogen-bond acceptors (Lipinski definition) is 6. The predicted octanol–water partition coefficient (Wildman–Crippen LogP) is -1.93. The number of halogens is 2. The number of hydrogen-bond donors (Lipinski definition) is 2. The first-order valence-electron chi connectivity index (χ1n) is 9.27. The Morgan fingerprint density at radius 3 is 2.70 bits per heavy atom. The summed E-state index contributed by atoms with van der Waals surface area (Å²) in [4.78, 5) is 30.1. The van der Waals surface area contributed by atoms with Gasteiger partial charge in [0, 0.05) is 11.6 Å². The molecule has 162 valence electrons. The first kappa shape index (κ1) is 23.9. The van der Waals surface area contributed by atoms with Crippen molar-refractivity contribution < 1.29 is 41.1 Å². The van der Waals surface area contributed by atoms with Crippen molar-refractivity contribution >= 4 is 29.2 Å². The third-order valence-electron chi connectivity index (χ3n) is 4.52. The van der Waals surface area contributed by atoms with Gasteiger partial charge in [0.1, 0.15) is 31.4 Å². The number of ether oxygens (including phenoxy) is 3. The number of esters is 1. The summed E-state index contributed by atoms with van der Waals surface area (Å²) in [6.45, 7) is 4.66. The molecule has 0 bridgehead atoms. The molecular weight excluding hydrogens is 433 g/mol. The number of carbonyl (C=O) groups excluding carboxylic acids is 2. The van der Waals surface area contributed by atoms with Crippen LogP contribution in [0.4, 0.5) is 5.69 Å². The first-order chi connectivity index (χ1) is 14.1. The van der Waals surface area contributed by atoms with Crippen LogP contribution in [0.25, 0.3) is 0 Å². The van der Waals surface area contributed by atoms with E-state index in [0.717, 1.165) is 32.8 Å². The van der Waals surface area contributed by atoms with E-state index in [4.69, 9.17) is 25.8 Å². The average Bonchev–Trinajstić information content (AvgIpc) is 2.74. The lowest BCUT2D eigenvalue weighted by atomic mass is 10.1. The molecule has 1 aliphatic rings. The highest BCUT2D eigenvalue weighted by molar-refractivity contribution is 6.30. The fourth-order valence-electron chi connectivity index (χ4n) is 2.96. The molecule has 0 atom stereocenters. The minimum absolute atomic E-state index is 0. The normalized spacial score (nSPS) is 13.8. The van der Waals surface area contributed by atoms with E-state index >= 15 is 0 Å². The number of quaternary nitrogens is 1. The molecule has 8 nitrogen and oxygen atoms in total. The van der Waals surface area contributed by atoms with Crippen molar-refractivity contribution in [2.24, 2.45) is 0 Å². The summed E-state index contributed by atoms with van der Waals surface area (Å²) in [7, 11) is 1.28. The number of morpholine rings is 1. The summed E-state index contributed by atoms with van der Waals surface area (Å²) in [5.74, 6) is -0.700. The number of nitrogens with one attached hydrogen (secondary N) is 2. The standard InChI is InChI=1S/C20H22ClN3O5.ClH/c1-27-20(26)15-4-2-3-5-16(15)22-19(25)14-12-17(21)23-18(13-14)29-11-8-24-6-9-28-10-7-24;/h2-5,12-13H,6-11H2,1H3,(H,22,25);1H. The number of pyridine rings is 1. The molecule has 1 aliphatic heterocycles. The van der Waals surface area contributed by atoms with E-state index in [-0.39, 0.29) is 34.6 Å². The highest BCUT2D eigenvalue weighted by Crippen LogP contribution is 2.20. The van der Waals surface area contributed by atoms with E-state index in [0.29, 0.717) is 12.3 Å². The van der Waals surface area contributed by atoms with Crippen LogP contribution in [0.3, 0.4) is 0 Å². The van der Waals surface area contributed by atoms with Gasteiger partial charge in [0.15, 0.2) is 0 Å². The van der Waals surface area contributed by atoms with Crippen molar-refractivity contribution in [2.45, 2.75) is 0 Å². The third kappa shape index (κ3) is 6.56. The maximum Gasteiger partial charge on any atom is 0.339 e. The lowest BCUT2D eigenvalue weighted by Crippen LogP contribution is -3.14. The zero-order valence-corrected chi connectivity index (χ0v) is 18.0. The topological polar surface area (TPSA) is 91.2 Å². The molecule has 1 aromatic heterocycles. The van der Waals surface area contributed by atoms with Crippen LogP contribution in [0.1, 0.15) is 20.7 Å². The van der Waals surface area contributed by atoms with E-state index in [9.17, 15) is 9.59 Å². The Morgan fingerprint density at radius 2 is 1.97 bits per heavy atom. The van der Waals surface area contributed by atoms with Crippen molar-refractivity contribution in [2.75, 3.05) is 51.9 Å². The molecule has 2 N–H and O–H groups in total. The van der Waals surface area contributed by atoms with Gasteiger partial charge >= 0.3 is 5.97 Å². The van der Waals surface area contributed by atoms with Gasteiger partial charge in [-0.1, -0.05) is 23.7 Å². The molecule has 3 rings (SSSR count). The molecule has 0 spiro atoms. The molecular formula is C20H23Cl2N3O5. The Hall–Kier alpha value is -2.39. The van der Waals surface area contributed by atoms with Crippen molar-refractivity contribution in [3.63, 3.8) is 0 Å². The van der Waals surface area contributed by atoms with Gasteiger partial charge in [0.2, 0.25) is 5.88 Å². The fraction of sp³-hybridized carbons (Fsp3) is 0.350. The highest BCUT2D eigenvalue weighted by atomic mass is 35.5. The van der Waals surface area contributed by atoms with E-state index in [1.54, 1.807) is 24.3 Å². The molecule has 0 aliphatic carbocycles. The summed E-state index contributed by atoms with van der Waals surface area (Å²) in [6, 6.07) is 9.56. The molecule has 1 aromatic carbocycles. The maximum atomic E-state index is 12.7. The van der Waals surface area contributed by atoms with E-state index in [1.165, 1.54) is 24.1 Å². The number of para-hydroxylation sites is 1. The smallest absolute Gasteiger partial charge is 0.339 e. The van der Waals surface area contributed by atoms with Crippen LogP contribution in [0.2, 0.25) is 5.15 Å². The number of carbonyl (C=O) groups is 2. The summed E-state index contributed by atoms with van der Waals surface area (Å²) in [6.07, 6.45) is 0. The maximum absolute atomic E-state index is 12.7.